The zero-order chi connectivity index (χ0) is 10.3. The van der Waals surface area contributed by atoms with E-state index in [4.69, 9.17) is 13.9 Å². The summed E-state index contributed by atoms with van der Waals surface area (Å²) >= 11 is 0. The molecular formula is C11H10O4. The van der Waals surface area contributed by atoms with Crippen LogP contribution in [-0.2, 0) is 4.74 Å². The zero-order valence-electron chi connectivity index (χ0n) is 7.97. The van der Waals surface area contributed by atoms with Crippen molar-refractivity contribution < 1.29 is 19.0 Å². The van der Waals surface area contributed by atoms with Crippen molar-refractivity contribution in [1.82, 2.24) is 0 Å². The highest BCUT2D eigenvalue weighted by atomic mass is 16.6. The van der Waals surface area contributed by atoms with Crippen molar-refractivity contribution in [3.05, 3.63) is 24.5 Å². The summed E-state index contributed by atoms with van der Waals surface area (Å²) in [6, 6.07) is 5.34. The van der Waals surface area contributed by atoms with E-state index in [1.54, 1.807) is 18.2 Å². The predicted octanol–water partition coefficient (Wildman–Crippen LogP) is 1.92. The molecule has 1 saturated heterocycles. The Labute approximate surface area is 86.0 Å². The first-order valence-electron chi connectivity index (χ1n) is 4.77. The van der Waals surface area contributed by atoms with Gasteiger partial charge in [0, 0.05) is 6.07 Å². The average Bonchev–Trinajstić information content (AvgIpc) is 3.01. The summed E-state index contributed by atoms with van der Waals surface area (Å²) in [5.74, 6) is 0.884. The van der Waals surface area contributed by atoms with Crippen LogP contribution in [0, 0.1) is 0 Å². The van der Waals surface area contributed by atoms with E-state index in [-0.39, 0.29) is 11.9 Å². The van der Waals surface area contributed by atoms with E-state index in [9.17, 15) is 5.11 Å². The van der Waals surface area contributed by atoms with Gasteiger partial charge in [0.2, 0.25) is 0 Å². The van der Waals surface area contributed by atoms with E-state index in [2.05, 4.69) is 0 Å². The summed E-state index contributed by atoms with van der Waals surface area (Å²) in [4.78, 5) is 0. The van der Waals surface area contributed by atoms with E-state index >= 15 is 0 Å². The van der Waals surface area contributed by atoms with Crippen molar-refractivity contribution in [3.8, 4) is 11.5 Å². The highest BCUT2D eigenvalue weighted by Gasteiger charge is 2.23. The van der Waals surface area contributed by atoms with Crippen LogP contribution in [0.25, 0.3) is 11.0 Å². The molecule has 1 atom stereocenters. The number of fused-ring (bicyclic) bond motifs is 1. The maximum atomic E-state index is 9.38. The van der Waals surface area contributed by atoms with E-state index in [0.717, 1.165) is 12.4 Å². The lowest BCUT2D eigenvalue weighted by atomic mass is 10.2. The molecule has 3 rings (SSSR count). The van der Waals surface area contributed by atoms with Crippen molar-refractivity contribution in [2.75, 3.05) is 13.2 Å². The van der Waals surface area contributed by atoms with Crippen molar-refractivity contribution >= 4 is 11.0 Å². The Bertz CT molecular complexity index is 484. The van der Waals surface area contributed by atoms with Crippen molar-refractivity contribution in [2.45, 2.75) is 6.10 Å². The number of hydrogen-bond acceptors (Lipinski definition) is 4. The van der Waals surface area contributed by atoms with Crippen molar-refractivity contribution in [3.63, 3.8) is 0 Å². The molecule has 0 radical (unpaired) electrons. The topological polar surface area (TPSA) is 55.1 Å². The van der Waals surface area contributed by atoms with Crippen molar-refractivity contribution in [1.29, 1.82) is 0 Å². The fourth-order valence-corrected chi connectivity index (χ4v) is 1.44. The van der Waals surface area contributed by atoms with Gasteiger partial charge >= 0.3 is 0 Å². The number of furan rings is 1. The highest BCUT2D eigenvalue weighted by Crippen LogP contribution is 2.29. The summed E-state index contributed by atoms with van der Waals surface area (Å²) in [6.45, 7) is 1.35. The second-order valence-electron chi connectivity index (χ2n) is 3.55. The lowest BCUT2D eigenvalue weighted by Gasteiger charge is -2.02. The van der Waals surface area contributed by atoms with Crippen LogP contribution in [0.2, 0.25) is 0 Å². The maximum Gasteiger partial charge on any atom is 0.161 e. The highest BCUT2D eigenvalue weighted by molar-refractivity contribution is 5.84. The first kappa shape index (κ1) is 8.61. The molecule has 15 heavy (non-hydrogen) atoms. The van der Waals surface area contributed by atoms with Crippen LogP contribution in [0.4, 0.5) is 0 Å². The Kier molecular flexibility index (Phi) is 1.82. The summed E-state index contributed by atoms with van der Waals surface area (Å²) in [5.41, 5.74) is 0.627. The fourth-order valence-electron chi connectivity index (χ4n) is 1.44. The Morgan fingerprint density at radius 2 is 2.33 bits per heavy atom. The molecule has 1 aliphatic heterocycles. The first-order chi connectivity index (χ1) is 7.33. The Balaban J connectivity index is 1.85. The van der Waals surface area contributed by atoms with Crippen LogP contribution < -0.4 is 4.74 Å². The molecule has 1 aromatic heterocycles. The minimum absolute atomic E-state index is 0.155. The third-order valence-corrected chi connectivity index (χ3v) is 2.36. The van der Waals surface area contributed by atoms with Crippen LogP contribution in [0.15, 0.2) is 28.9 Å². The van der Waals surface area contributed by atoms with Gasteiger partial charge in [-0.2, -0.15) is 0 Å². The standard InChI is InChI=1S/C11H10O4/c12-10-6-15-11-3-7(1-2-9(10)11)13-4-8-5-14-8/h1-3,6,8,12H,4-5H2. The lowest BCUT2D eigenvalue weighted by Crippen LogP contribution is -2.03. The molecule has 4 nitrogen and oxygen atoms in total. The molecule has 2 aromatic rings. The number of benzene rings is 1. The van der Waals surface area contributed by atoms with Gasteiger partial charge in [-0.05, 0) is 12.1 Å². The molecule has 1 fully saturated rings. The van der Waals surface area contributed by atoms with Crippen LogP contribution in [0.5, 0.6) is 11.5 Å². The molecule has 0 bridgehead atoms. The van der Waals surface area contributed by atoms with Crippen LogP contribution in [-0.4, -0.2) is 24.4 Å². The third-order valence-electron chi connectivity index (χ3n) is 2.36. The number of rotatable bonds is 3. The fraction of sp³-hybridized carbons (Fsp3) is 0.273. The molecule has 1 aromatic carbocycles. The molecule has 1 aliphatic rings. The second-order valence-corrected chi connectivity index (χ2v) is 3.55. The molecular weight excluding hydrogens is 196 g/mol. The van der Waals surface area contributed by atoms with Gasteiger partial charge in [0.25, 0.3) is 0 Å². The SMILES string of the molecule is Oc1coc2cc(OCC3CO3)ccc12. The molecule has 2 heterocycles. The molecule has 0 saturated carbocycles. The van der Waals surface area contributed by atoms with Gasteiger partial charge in [0.15, 0.2) is 5.75 Å². The van der Waals surface area contributed by atoms with Crippen LogP contribution >= 0.6 is 0 Å². The third kappa shape index (κ3) is 1.64. The average molecular weight is 206 g/mol. The summed E-state index contributed by atoms with van der Waals surface area (Å²) < 4.78 is 15.7. The van der Waals surface area contributed by atoms with E-state index < -0.39 is 0 Å². The monoisotopic (exact) mass is 206 g/mol. The number of epoxide rings is 1. The molecule has 1 N–H and O–H groups in total. The molecule has 1 unspecified atom stereocenters. The largest absolute Gasteiger partial charge is 0.504 e. The van der Waals surface area contributed by atoms with Gasteiger partial charge in [-0.15, -0.1) is 0 Å². The molecule has 4 heteroatoms. The second kappa shape index (κ2) is 3.17. The summed E-state index contributed by atoms with van der Waals surface area (Å²) in [6.07, 6.45) is 1.56. The van der Waals surface area contributed by atoms with Gasteiger partial charge in [-0.3, -0.25) is 0 Å². The summed E-state index contributed by atoms with van der Waals surface area (Å²) in [5, 5.41) is 10.1. The molecule has 0 aliphatic carbocycles. The first-order valence-corrected chi connectivity index (χ1v) is 4.77. The normalized spacial score (nSPS) is 19.3. The number of aromatic hydroxyl groups is 1. The van der Waals surface area contributed by atoms with Gasteiger partial charge < -0.3 is 19.0 Å². The van der Waals surface area contributed by atoms with E-state index in [0.29, 0.717) is 17.6 Å². The summed E-state index contributed by atoms with van der Waals surface area (Å²) in [7, 11) is 0. The number of hydrogen-bond donors (Lipinski definition) is 1. The van der Waals surface area contributed by atoms with Gasteiger partial charge in [0.1, 0.15) is 30.3 Å². The molecule has 0 spiro atoms. The Morgan fingerprint density at radius 1 is 1.47 bits per heavy atom. The van der Waals surface area contributed by atoms with Crippen molar-refractivity contribution in [2.24, 2.45) is 0 Å². The number of ether oxygens (including phenoxy) is 2. The maximum absolute atomic E-state index is 9.38. The molecule has 0 amide bonds. The lowest BCUT2D eigenvalue weighted by molar-refractivity contribution is 0.263. The zero-order valence-corrected chi connectivity index (χ0v) is 7.97. The predicted molar refractivity (Wildman–Crippen MR) is 53.1 cm³/mol. The Morgan fingerprint density at radius 3 is 3.13 bits per heavy atom. The van der Waals surface area contributed by atoms with E-state index in [1.807, 2.05) is 0 Å². The smallest absolute Gasteiger partial charge is 0.161 e. The Hall–Kier alpha value is -1.68. The molecule has 78 valence electrons. The van der Waals surface area contributed by atoms with Crippen LogP contribution in [0.3, 0.4) is 0 Å². The van der Waals surface area contributed by atoms with Gasteiger partial charge in [-0.1, -0.05) is 0 Å². The van der Waals surface area contributed by atoms with Crippen LogP contribution in [0.1, 0.15) is 0 Å². The quantitative estimate of drug-likeness (QED) is 0.779. The van der Waals surface area contributed by atoms with E-state index in [1.165, 1.54) is 6.26 Å². The van der Waals surface area contributed by atoms with Gasteiger partial charge in [0.05, 0.1) is 12.0 Å². The minimum atomic E-state index is 0.155. The minimum Gasteiger partial charge on any atom is -0.504 e. The van der Waals surface area contributed by atoms with Gasteiger partial charge in [-0.25, -0.2) is 0 Å².